The molecular weight excluding hydrogens is 617 g/mol. The molecule has 238 valence electrons. The summed E-state index contributed by atoms with van der Waals surface area (Å²) in [6.45, 7) is 0. The Morgan fingerprint density at radius 1 is 0.353 bits per heavy atom. The summed E-state index contributed by atoms with van der Waals surface area (Å²) in [6, 6.07) is 69.8. The highest BCUT2D eigenvalue weighted by Crippen LogP contribution is 2.60. The molecule has 2 heteroatoms. The lowest BCUT2D eigenvalue weighted by Crippen LogP contribution is -2.28. The first-order valence-corrected chi connectivity index (χ1v) is 17.5. The molecule has 9 aromatic rings. The molecular formula is C49H32N2. The van der Waals surface area contributed by atoms with E-state index in [0.29, 0.717) is 5.82 Å². The molecule has 0 fully saturated rings. The molecule has 1 aromatic heterocycles. The number of benzene rings is 8. The predicted octanol–water partition coefficient (Wildman–Crippen LogP) is 12.1. The fraction of sp³-hybridized carbons (Fsp3) is 0.0204. The van der Waals surface area contributed by atoms with Gasteiger partial charge in [0.1, 0.15) is 0 Å². The van der Waals surface area contributed by atoms with E-state index in [2.05, 4.69) is 170 Å². The molecule has 1 heterocycles. The molecule has 0 radical (unpaired) electrons. The van der Waals surface area contributed by atoms with Crippen molar-refractivity contribution in [3.05, 3.63) is 216 Å². The zero-order valence-electron chi connectivity index (χ0n) is 27.9. The van der Waals surface area contributed by atoms with E-state index < -0.39 is 5.41 Å². The Balaban J connectivity index is 1.24. The molecule has 51 heavy (non-hydrogen) atoms. The van der Waals surface area contributed by atoms with Crippen molar-refractivity contribution >= 4 is 21.5 Å². The van der Waals surface area contributed by atoms with Crippen LogP contribution in [-0.4, -0.2) is 9.97 Å². The minimum absolute atomic E-state index is 0.536. The molecule has 0 saturated heterocycles. The van der Waals surface area contributed by atoms with Crippen LogP contribution in [0.4, 0.5) is 0 Å². The lowest BCUT2D eigenvalue weighted by Gasteiger charge is -2.35. The van der Waals surface area contributed by atoms with E-state index in [1.807, 2.05) is 24.3 Å². The summed E-state index contributed by atoms with van der Waals surface area (Å²) in [5.41, 5.74) is 12.1. The standard InChI is InChI=1S/C49H32N2/c1-4-16-33(17-5-1)44-32-45(51-48(50-44)35-18-6-2-7-19-35)34-28-30-37(31-29-34)49(36-20-8-3-9-21-36)43-27-15-14-26-42(43)46-40-24-12-10-22-38(40)39-23-11-13-25-41(39)47(46)49/h1-32H. The van der Waals surface area contributed by atoms with Gasteiger partial charge in [-0.25, -0.2) is 9.97 Å². The van der Waals surface area contributed by atoms with Crippen LogP contribution < -0.4 is 0 Å². The zero-order chi connectivity index (χ0) is 33.8. The molecule has 1 aliphatic rings. The fourth-order valence-corrected chi connectivity index (χ4v) is 8.39. The van der Waals surface area contributed by atoms with E-state index in [-0.39, 0.29) is 0 Å². The van der Waals surface area contributed by atoms with Gasteiger partial charge >= 0.3 is 0 Å². The highest BCUT2D eigenvalue weighted by Gasteiger charge is 2.47. The Hall–Kier alpha value is -6.64. The van der Waals surface area contributed by atoms with Gasteiger partial charge in [-0.2, -0.15) is 0 Å². The zero-order valence-corrected chi connectivity index (χ0v) is 27.9. The van der Waals surface area contributed by atoms with Crippen LogP contribution in [0.15, 0.2) is 194 Å². The molecule has 0 saturated carbocycles. The highest BCUT2D eigenvalue weighted by molar-refractivity contribution is 6.19. The van der Waals surface area contributed by atoms with Crippen molar-refractivity contribution in [1.82, 2.24) is 9.97 Å². The second-order valence-corrected chi connectivity index (χ2v) is 13.3. The van der Waals surface area contributed by atoms with Gasteiger partial charge in [0.15, 0.2) is 5.82 Å². The van der Waals surface area contributed by atoms with Gasteiger partial charge in [0, 0.05) is 16.7 Å². The van der Waals surface area contributed by atoms with E-state index in [0.717, 1.165) is 28.1 Å². The third-order valence-electron chi connectivity index (χ3n) is 10.6. The van der Waals surface area contributed by atoms with Crippen LogP contribution in [0.3, 0.4) is 0 Å². The molecule has 0 amide bonds. The third-order valence-corrected chi connectivity index (χ3v) is 10.6. The Bertz CT molecular complexity index is 2660. The van der Waals surface area contributed by atoms with Crippen molar-refractivity contribution in [1.29, 1.82) is 0 Å². The van der Waals surface area contributed by atoms with Crippen LogP contribution in [0.2, 0.25) is 0 Å². The summed E-state index contributed by atoms with van der Waals surface area (Å²) in [6.07, 6.45) is 0. The van der Waals surface area contributed by atoms with Crippen LogP contribution in [0.25, 0.3) is 66.6 Å². The summed E-state index contributed by atoms with van der Waals surface area (Å²) in [4.78, 5) is 10.2. The molecule has 2 nitrogen and oxygen atoms in total. The number of nitrogens with zero attached hydrogens (tertiary/aromatic N) is 2. The van der Waals surface area contributed by atoms with Crippen LogP contribution in [0, 0.1) is 0 Å². The van der Waals surface area contributed by atoms with Crippen molar-refractivity contribution in [3.63, 3.8) is 0 Å². The molecule has 10 rings (SSSR count). The summed E-state index contributed by atoms with van der Waals surface area (Å²) >= 11 is 0. The normalized spacial score (nSPS) is 14.7. The monoisotopic (exact) mass is 648 g/mol. The number of aromatic nitrogens is 2. The molecule has 0 N–H and O–H groups in total. The molecule has 0 spiro atoms. The van der Waals surface area contributed by atoms with Crippen molar-refractivity contribution < 1.29 is 0 Å². The van der Waals surface area contributed by atoms with E-state index in [1.54, 1.807) is 0 Å². The highest BCUT2D eigenvalue weighted by atomic mass is 14.9. The quantitative estimate of drug-likeness (QED) is 0.174. The third kappa shape index (κ3) is 4.50. The molecule has 0 aliphatic heterocycles. The van der Waals surface area contributed by atoms with E-state index in [4.69, 9.17) is 9.97 Å². The molecule has 8 aromatic carbocycles. The summed E-state index contributed by atoms with van der Waals surface area (Å²) in [5, 5.41) is 5.13. The minimum atomic E-state index is -0.536. The topological polar surface area (TPSA) is 25.8 Å². The van der Waals surface area contributed by atoms with Gasteiger partial charge in [0.2, 0.25) is 0 Å². The Kier molecular flexibility index (Phi) is 6.75. The van der Waals surface area contributed by atoms with Crippen LogP contribution in [0.1, 0.15) is 22.3 Å². The second kappa shape index (κ2) is 11.8. The van der Waals surface area contributed by atoms with Gasteiger partial charge in [-0.05, 0) is 61.0 Å². The average molecular weight is 649 g/mol. The van der Waals surface area contributed by atoms with Gasteiger partial charge in [-0.3, -0.25) is 0 Å². The predicted molar refractivity (Wildman–Crippen MR) is 211 cm³/mol. The first-order valence-electron chi connectivity index (χ1n) is 17.5. The summed E-state index contributed by atoms with van der Waals surface area (Å²) in [7, 11) is 0. The molecule has 1 aliphatic carbocycles. The van der Waals surface area contributed by atoms with Gasteiger partial charge in [0.25, 0.3) is 0 Å². The second-order valence-electron chi connectivity index (χ2n) is 13.3. The number of hydrogen-bond acceptors (Lipinski definition) is 2. The maximum atomic E-state index is 5.14. The number of fused-ring (bicyclic) bond motifs is 8. The van der Waals surface area contributed by atoms with Gasteiger partial charge in [-0.1, -0.05) is 188 Å². The van der Waals surface area contributed by atoms with Crippen LogP contribution >= 0.6 is 0 Å². The Morgan fingerprint density at radius 3 is 1.49 bits per heavy atom. The molecule has 1 atom stereocenters. The maximum absolute atomic E-state index is 5.14. The summed E-state index contributed by atoms with van der Waals surface area (Å²) in [5.74, 6) is 0.716. The van der Waals surface area contributed by atoms with E-state index in [9.17, 15) is 0 Å². The van der Waals surface area contributed by atoms with Crippen molar-refractivity contribution in [2.75, 3.05) is 0 Å². The first-order chi connectivity index (χ1) is 25.3. The van der Waals surface area contributed by atoms with Gasteiger partial charge in [0.05, 0.1) is 16.8 Å². The number of rotatable bonds is 5. The van der Waals surface area contributed by atoms with Crippen molar-refractivity contribution in [2.45, 2.75) is 5.41 Å². The molecule has 1 unspecified atom stereocenters. The smallest absolute Gasteiger partial charge is 0.160 e. The number of hydrogen-bond donors (Lipinski definition) is 0. The fourth-order valence-electron chi connectivity index (χ4n) is 8.39. The average Bonchev–Trinajstić information content (AvgIpc) is 3.54. The van der Waals surface area contributed by atoms with E-state index >= 15 is 0 Å². The van der Waals surface area contributed by atoms with Gasteiger partial charge in [-0.15, -0.1) is 0 Å². The largest absolute Gasteiger partial charge is 0.228 e. The van der Waals surface area contributed by atoms with Crippen molar-refractivity contribution in [2.24, 2.45) is 0 Å². The summed E-state index contributed by atoms with van der Waals surface area (Å²) < 4.78 is 0. The maximum Gasteiger partial charge on any atom is 0.160 e. The minimum Gasteiger partial charge on any atom is -0.228 e. The first kappa shape index (κ1) is 29.3. The Labute approximate surface area is 297 Å². The molecule has 0 bridgehead atoms. The van der Waals surface area contributed by atoms with E-state index in [1.165, 1.54) is 54.9 Å². The Morgan fingerprint density at radius 2 is 0.824 bits per heavy atom. The SMILES string of the molecule is c1ccc(-c2cc(-c3ccc(C4(c5ccccc5)c5ccccc5-c5c4c4ccccc4c4ccccc54)cc3)nc(-c3ccccc3)n2)cc1. The van der Waals surface area contributed by atoms with Gasteiger partial charge < -0.3 is 0 Å². The lowest BCUT2D eigenvalue weighted by atomic mass is 9.66. The lowest BCUT2D eigenvalue weighted by molar-refractivity contribution is 0.776. The van der Waals surface area contributed by atoms with Crippen molar-refractivity contribution in [3.8, 4) is 45.0 Å². The van der Waals surface area contributed by atoms with Crippen LogP contribution in [-0.2, 0) is 5.41 Å². The van der Waals surface area contributed by atoms with Crippen LogP contribution in [0.5, 0.6) is 0 Å².